The third kappa shape index (κ3) is 1.75. The summed E-state index contributed by atoms with van der Waals surface area (Å²) < 4.78 is 13.4. The number of hydrogen-bond donors (Lipinski definition) is 1. The third-order valence-electron chi connectivity index (χ3n) is 1.31. The minimum absolute atomic E-state index is 0.204. The molecule has 0 aliphatic rings. The largest absolute Gasteiger partial charge is 0.391 e. The Hall–Kier alpha value is -0.480. The first-order valence-corrected chi connectivity index (χ1v) is 3.87. The first-order valence-electron chi connectivity index (χ1n) is 3.07. The number of aryl methyl sites for hydroxylation is 1. The monoisotopic (exact) mass is 219 g/mol. The van der Waals surface area contributed by atoms with Gasteiger partial charge in [-0.15, -0.1) is 0 Å². The quantitative estimate of drug-likeness (QED) is 0.731. The van der Waals surface area contributed by atoms with Gasteiger partial charge in [-0.25, -0.2) is 4.98 Å². The summed E-state index contributed by atoms with van der Waals surface area (Å²) in [5, 5.41) is 8.68. The second-order valence-electron chi connectivity index (χ2n) is 2.17. The summed E-state index contributed by atoms with van der Waals surface area (Å²) in [5.41, 5.74) is 0.794. The Bertz CT molecular complexity index is 254. The summed E-state index contributed by atoms with van der Waals surface area (Å²) in [6, 6.07) is 1.66. The van der Waals surface area contributed by atoms with E-state index in [4.69, 9.17) is 5.11 Å². The number of aliphatic hydroxyl groups excluding tert-OH is 1. The van der Waals surface area contributed by atoms with Gasteiger partial charge in [-0.05, 0) is 13.0 Å². The van der Waals surface area contributed by atoms with Gasteiger partial charge in [0.15, 0.2) is 0 Å². The van der Waals surface area contributed by atoms with Crippen molar-refractivity contribution in [1.82, 2.24) is 4.98 Å². The maximum atomic E-state index is 12.8. The van der Waals surface area contributed by atoms with E-state index in [0.717, 1.165) is 0 Å². The highest BCUT2D eigenvalue weighted by molar-refractivity contribution is 9.10. The molecule has 11 heavy (non-hydrogen) atoms. The lowest BCUT2D eigenvalue weighted by molar-refractivity contribution is 0.273. The van der Waals surface area contributed by atoms with Crippen molar-refractivity contribution >= 4 is 15.9 Å². The molecule has 0 saturated heterocycles. The Morgan fingerprint density at radius 1 is 1.73 bits per heavy atom. The van der Waals surface area contributed by atoms with E-state index >= 15 is 0 Å². The molecule has 1 heterocycles. The number of aliphatic hydroxyl groups is 1. The number of hydrogen-bond acceptors (Lipinski definition) is 2. The maximum Gasteiger partial charge on any atom is 0.219 e. The molecule has 4 heteroatoms. The van der Waals surface area contributed by atoms with E-state index in [1.54, 1.807) is 13.0 Å². The van der Waals surface area contributed by atoms with Crippen molar-refractivity contribution < 1.29 is 9.50 Å². The molecule has 1 aromatic rings. The lowest BCUT2D eigenvalue weighted by atomic mass is 10.2. The molecular weight excluding hydrogens is 213 g/mol. The van der Waals surface area contributed by atoms with Crippen LogP contribution in [-0.4, -0.2) is 10.1 Å². The fourth-order valence-electron chi connectivity index (χ4n) is 0.764. The van der Waals surface area contributed by atoms with Gasteiger partial charge in [0.1, 0.15) is 0 Å². The van der Waals surface area contributed by atoms with Crippen LogP contribution in [0.25, 0.3) is 0 Å². The minimum atomic E-state index is -0.612. The van der Waals surface area contributed by atoms with E-state index < -0.39 is 5.95 Å². The van der Waals surface area contributed by atoms with E-state index in [2.05, 4.69) is 20.9 Å². The van der Waals surface area contributed by atoms with E-state index in [-0.39, 0.29) is 12.2 Å². The molecule has 0 amide bonds. The van der Waals surface area contributed by atoms with Gasteiger partial charge < -0.3 is 5.11 Å². The highest BCUT2D eigenvalue weighted by atomic mass is 79.9. The summed E-state index contributed by atoms with van der Waals surface area (Å²) in [7, 11) is 0. The molecule has 1 N–H and O–H groups in total. The lowest BCUT2D eigenvalue weighted by Crippen LogP contribution is -1.96. The number of pyridine rings is 1. The van der Waals surface area contributed by atoms with Crippen molar-refractivity contribution in [3.8, 4) is 0 Å². The molecule has 0 unspecified atom stereocenters. The number of rotatable bonds is 1. The molecular formula is C7H7BrFNO. The van der Waals surface area contributed by atoms with Crippen LogP contribution in [0.1, 0.15) is 11.3 Å². The predicted octanol–water partition coefficient (Wildman–Crippen LogP) is 1.78. The molecule has 1 rings (SSSR count). The maximum absolute atomic E-state index is 12.8. The van der Waals surface area contributed by atoms with E-state index in [1.165, 1.54) is 0 Å². The van der Waals surface area contributed by atoms with E-state index in [9.17, 15) is 4.39 Å². The zero-order valence-electron chi connectivity index (χ0n) is 5.93. The zero-order chi connectivity index (χ0) is 8.43. The van der Waals surface area contributed by atoms with Gasteiger partial charge in [0.2, 0.25) is 5.95 Å². The SMILES string of the molecule is Cc1cc(Br)c(CO)c(F)n1. The van der Waals surface area contributed by atoms with Gasteiger partial charge in [0.25, 0.3) is 0 Å². The van der Waals surface area contributed by atoms with Crippen LogP contribution in [0.4, 0.5) is 4.39 Å². The molecule has 0 atom stereocenters. The fourth-order valence-corrected chi connectivity index (χ4v) is 1.38. The van der Waals surface area contributed by atoms with E-state index in [0.29, 0.717) is 10.2 Å². The van der Waals surface area contributed by atoms with Crippen LogP contribution < -0.4 is 0 Å². The van der Waals surface area contributed by atoms with Crippen molar-refractivity contribution in [2.45, 2.75) is 13.5 Å². The lowest BCUT2D eigenvalue weighted by Gasteiger charge is -2.01. The summed E-state index contributed by atoms with van der Waals surface area (Å²) in [6.45, 7) is 1.36. The molecule has 0 saturated carbocycles. The second-order valence-corrected chi connectivity index (χ2v) is 3.03. The average Bonchev–Trinajstić information content (AvgIpc) is 1.85. The summed E-state index contributed by atoms with van der Waals surface area (Å²) in [6.07, 6.45) is 0. The van der Waals surface area contributed by atoms with Crippen molar-refractivity contribution in [3.63, 3.8) is 0 Å². The summed E-state index contributed by atoms with van der Waals surface area (Å²) >= 11 is 3.12. The molecule has 0 bridgehead atoms. The van der Waals surface area contributed by atoms with Crippen LogP contribution >= 0.6 is 15.9 Å². The summed E-state index contributed by atoms with van der Waals surface area (Å²) in [4.78, 5) is 3.55. The first kappa shape index (κ1) is 8.62. The Morgan fingerprint density at radius 2 is 2.36 bits per heavy atom. The molecule has 0 fully saturated rings. The number of halogens is 2. The highest BCUT2D eigenvalue weighted by Crippen LogP contribution is 2.19. The van der Waals surface area contributed by atoms with Crippen molar-refractivity contribution in [3.05, 3.63) is 27.7 Å². The Morgan fingerprint density at radius 3 is 2.82 bits per heavy atom. The smallest absolute Gasteiger partial charge is 0.219 e. The van der Waals surface area contributed by atoms with Gasteiger partial charge in [-0.3, -0.25) is 0 Å². The van der Waals surface area contributed by atoms with Gasteiger partial charge in [0, 0.05) is 15.7 Å². The molecule has 2 nitrogen and oxygen atoms in total. The molecule has 0 aliphatic heterocycles. The van der Waals surface area contributed by atoms with Crippen molar-refractivity contribution in [2.24, 2.45) is 0 Å². The molecule has 60 valence electrons. The van der Waals surface area contributed by atoms with Crippen LogP contribution in [0.15, 0.2) is 10.5 Å². The van der Waals surface area contributed by atoms with Crippen LogP contribution in [0, 0.1) is 12.9 Å². The van der Waals surface area contributed by atoms with Crippen molar-refractivity contribution in [1.29, 1.82) is 0 Å². The van der Waals surface area contributed by atoms with Crippen LogP contribution in [0.2, 0.25) is 0 Å². The zero-order valence-corrected chi connectivity index (χ0v) is 7.52. The molecule has 0 aromatic carbocycles. The van der Waals surface area contributed by atoms with Crippen LogP contribution in [0.3, 0.4) is 0 Å². The average molecular weight is 220 g/mol. The van der Waals surface area contributed by atoms with Gasteiger partial charge >= 0.3 is 0 Å². The standard InChI is InChI=1S/C7H7BrFNO/c1-4-2-6(8)5(3-11)7(9)10-4/h2,11H,3H2,1H3. The molecule has 0 aliphatic carbocycles. The molecule has 0 spiro atoms. The topological polar surface area (TPSA) is 33.1 Å². The van der Waals surface area contributed by atoms with Crippen LogP contribution in [-0.2, 0) is 6.61 Å². The first-order chi connectivity index (χ1) is 5.15. The third-order valence-corrected chi connectivity index (χ3v) is 2.01. The van der Waals surface area contributed by atoms with Gasteiger partial charge in [0.05, 0.1) is 6.61 Å². The Balaban J connectivity index is 3.25. The van der Waals surface area contributed by atoms with E-state index in [1.807, 2.05) is 0 Å². The second kappa shape index (κ2) is 3.28. The molecule has 0 radical (unpaired) electrons. The number of nitrogens with zero attached hydrogens (tertiary/aromatic N) is 1. The van der Waals surface area contributed by atoms with Crippen molar-refractivity contribution in [2.75, 3.05) is 0 Å². The van der Waals surface area contributed by atoms with Crippen LogP contribution in [0.5, 0.6) is 0 Å². The normalized spacial score (nSPS) is 10.2. The minimum Gasteiger partial charge on any atom is -0.391 e. The Labute approximate surface area is 72.2 Å². The predicted molar refractivity (Wildman–Crippen MR) is 42.6 cm³/mol. The fraction of sp³-hybridized carbons (Fsp3) is 0.286. The summed E-state index contributed by atoms with van der Waals surface area (Å²) in [5.74, 6) is -0.612. The molecule has 1 aromatic heterocycles. The highest BCUT2D eigenvalue weighted by Gasteiger charge is 2.07. The Kier molecular flexibility index (Phi) is 2.57. The van der Waals surface area contributed by atoms with Gasteiger partial charge in [-0.2, -0.15) is 4.39 Å². The number of aromatic nitrogens is 1. The van der Waals surface area contributed by atoms with Gasteiger partial charge in [-0.1, -0.05) is 15.9 Å².